The van der Waals surface area contributed by atoms with Crippen LogP contribution in [0.5, 0.6) is 0 Å². The van der Waals surface area contributed by atoms with Gasteiger partial charge < -0.3 is 5.73 Å². The van der Waals surface area contributed by atoms with Crippen LogP contribution in [0.15, 0.2) is 6.07 Å². The number of ketones is 1. The van der Waals surface area contributed by atoms with Gasteiger partial charge in [-0.2, -0.15) is 5.10 Å². The quantitative estimate of drug-likeness (QED) is 0.650. The smallest absolute Gasteiger partial charge is 0.194 e. The number of hydrogen-bond donors (Lipinski definition) is 1. The van der Waals surface area contributed by atoms with Gasteiger partial charge in [-0.05, 0) is 12.5 Å². The first-order chi connectivity index (χ1) is 5.69. The van der Waals surface area contributed by atoms with E-state index in [0.717, 1.165) is 12.1 Å². The lowest BCUT2D eigenvalue weighted by atomic mass is 10.2. The van der Waals surface area contributed by atoms with Crippen LogP contribution in [0, 0.1) is 0 Å². The van der Waals surface area contributed by atoms with E-state index in [1.54, 1.807) is 17.8 Å². The normalized spacial score (nSPS) is 10.2. The number of carbonyl (C=O) groups is 1. The molecule has 0 radical (unpaired) electrons. The SMILES string of the molecule is CCc1cc(C(=O)CN)n(C)n1. The largest absolute Gasteiger partial charge is 0.324 e. The molecule has 0 aliphatic rings. The van der Waals surface area contributed by atoms with Crippen LogP contribution in [0.3, 0.4) is 0 Å². The highest BCUT2D eigenvalue weighted by Gasteiger charge is 2.09. The van der Waals surface area contributed by atoms with Crippen molar-refractivity contribution in [3.05, 3.63) is 17.5 Å². The number of aromatic nitrogens is 2. The summed E-state index contributed by atoms with van der Waals surface area (Å²) in [6.07, 6.45) is 0.839. The van der Waals surface area contributed by atoms with Gasteiger partial charge in [0, 0.05) is 7.05 Å². The van der Waals surface area contributed by atoms with Gasteiger partial charge in [0.05, 0.1) is 12.2 Å². The Kier molecular flexibility index (Phi) is 2.60. The highest BCUT2D eigenvalue weighted by Crippen LogP contribution is 2.03. The molecule has 4 nitrogen and oxygen atoms in total. The van der Waals surface area contributed by atoms with Crippen molar-refractivity contribution in [2.24, 2.45) is 12.8 Å². The maximum atomic E-state index is 11.2. The lowest BCUT2D eigenvalue weighted by molar-refractivity contribution is 0.0992. The number of aryl methyl sites for hydroxylation is 2. The van der Waals surface area contributed by atoms with E-state index in [4.69, 9.17) is 5.73 Å². The Morgan fingerprint density at radius 3 is 2.83 bits per heavy atom. The molecule has 2 N–H and O–H groups in total. The number of carbonyl (C=O) groups excluding carboxylic acids is 1. The second-order valence-electron chi connectivity index (χ2n) is 2.63. The Morgan fingerprint density at radius 1 is 1.75 bits per heavy atom. The van der Waals surface area contributed by atoms with Crippen LogP contribution < -0.4 is 5.73 Å². The van der Waals surface area contributed by atoms with Gasteiger partial charge in [-0.3, -0.25) is 9.48 Å². The van der Waals surface area contributed by atoms with Gasteiger partial charge in [0.15, 0.2) is 5.78 Å². The summed E-state index contributed by atoms with van der Waals surface area (Å²) in [5, 5.41) is 4.14. The molecule has 0 saturated carbocycles. The Labute approximate surface area is 71.4 Å². The average molecular weight is 167 g/mol. The van der Waals surface area contributed by atoms with Crippen molar-refractivity contribution in [3.63, 3.8) is 0 Å². The van der Waals surface area contributed by atoms with Crippen LogP contribution >= 0.6 is 0 Å². The number of rotatable bonds is 3. The molecule has 1 aromatic heterocycles. The molecular weight excluding hydrogens is 154 g/mol. The van der Waals surface area contributed by atoms with Crippen LogP contribution in [0.25, 0.3) is 0 Å². The van der Waals surface area contributed by atoms with E-state index in [9.17, 15) is 4.79 Å². The molecule has 66 valence electrons. The Hall–Kier alpha value is -1.16. The fourth-order valence-corrected chi connectivity index (χ4v) is 1.06. The van der Waals surface area contributed by atoms with Gasteiger partial charge in [-0.15, -0.1) is 0 Å². The predicted molar refractivity (Wildman–Crippen MR) is 46.0 cm³/mol. The summed E-state index contributed by atoms with van der Waals surface area (Å²) in [5.74, 6) is -0.0651. The lowest BCUT2D eigenvalue weighted by Gasteiger charge is -1.95. The summed E-state index contributed by atoms with van der Waals surface area (Å²) < 4.78 is 1.58. The van der Waals surface area contributed by atoms with E-state index in [1.807, 2.05) is 6.92 Å². The van der Waals surface area contributed by atoms with E-state index in [2.05, 4.69) is 5.10 Å². The molecule has 0 unspecified atom stereocenters. The number of Topliss-reactive ketones (excluding diaryl/α,β-unsaturated/α-hetero) is 1. The minimum Gasteiger partial charge on any atom is -0.324 e. The van der Waals surface area contributed by atoms with Crippen molar-refractivity contribution in [1.29, 1.82) is 0 Å². The minimum atomic E-state index is -0.0651. The second-order valence-corrected chi connectivity index (χ2v) is 2.63. The zero-order chi connectivity index (χ0) is 9.14. The molecule has 4 heteroatoms. The van der Waals surface area contributed by atoms with E-state index < -0.39 is 0 Å². The molecule has 0 aromatic carbocycles. The van der Waals surface area contributed by atoms with Crippen molar-refractivity contribution < 1.29 is 4.79 Å². The molecule has 0 atom stereocenters. The third-order valence-corrected chi connectivity index (χ3v) is 1.76. The zero-order valence-corrected chi connectivity index (χ0v) is 7.37. The van der Waals surface area contributed by atoms with Crippen LogP contribution in [0.2, 0.25) is 0 Å². The second kappa shape index (κ2) is 3.49. The fraction of sp³-hybridized carbons (Fsp3) is 0.500. The van der Waals surface area contributed by atoms with Gasteiger partial charge >= 0.3 is 0 Å². The molecule has 0 bridgehead atoms. The fourth-order valence-electron chi connectivity index (χ4n) is 1.06. The monoisotopic (exact) mass is 167 g/mol. The summed E-state index contributed by atoms with van der Waals surface area (Å²) in [6, 6.07) is 1.79. The molecule has 1 heterocycles. The van der Waals surface area contributed by atoms with Crippen molar-refractivity contribution in [2.45, 2.75) is 13.3 Å². The third-order valence-electron chi connectivity index (χ3n) is 1.76. The average Bonchev–Trinajstić information content (AvgIpc) is 2.45. The molecule has 1 aromatic rings. The van der Waals surface area contributed by atoms with Crippen LogP contribution in [0.4, 0.5) is 0 Å². The summed E-state index contributed by atoms with van der Waals surface area (Å²) in [7, 11) is 1.75. The molecule has 1 rings (SSSR count). The standard InChI is InChI=1S/C8H13N3O/c1-3-6-4-7(8(12)5-9)11(2)10-6/h4H,3,5,9H2,1-2H3. The summed E-state index contributed by atoms with van der Waals surface area (Å²) in [6.45, 7) is 2.04. The Morgan fingerprint density at radius 2 is 2.42 bits per heavy atom. The lowest BCUT2D eigenvalue weighted by Crippen LogP contribution is -2.16. The molecule has 0 aliphatic heterocycles. The summed E-state index contributed by atoms with van der Waals surface area (Å²) in [5.41, 5.74) is 6.75. The highest BCUT2D eigenvalue weighted by molar-refractivity contribution is 5.96. The van der Waals surface area contributed by atoms with Gasteiger partial charge in [0.25, 0.3) is 0 Å². The van der Waals surface area contributed by atoms with Crippen molar-refractivity contribution in [2.75, 3.05) is 6.54 Å². The molecule has 0 aliphatic carbocycles. The van der Waals surface area contributed by atoms with Crippen LogP contribution in [0.1, 0.15) is 23.1 Å². The number of nitrogens with zero attached hydrogens (tertiary/aromatic N) is 2. The number of nitrogens with two attached hydrogens (primary N) is 1. The third kappa shape index (κ3) is 1.53. The molecule has 0 saturated heterocycles. The summed E-state index contributed by atoms with van der Waals surface area (Å²) in [4.78, 5) is 11.2. The Bertz CT molecular complexity index is 290. The minimum absolute atomic E-state index is 0.0443. The van der Waals surface area contributed by atoms with Crippen molar-refractivity contribution in [1.82, 2.24) is 9.78 Å². The van der Waals surface area contributed by atoms with E-state index >= 15 is 0 Å². The van der Waals surface area contributed by atoms with Crippen molar-refractivity contribution >= 4 is 5.78 Å². The van der Waals surface area contributed by atoms with Gasteiger partial charge in [-0.1, -0.05) is 6.92 Å². The molecule has 12 heavy (non-hydrogen) atoms. The molecule has 0 spiro atoms. The predicted octanol–water partition coefficient (Wildman–Crippen LogP) is 0.124. The molecule has 0 amide bonds. The first-order valence-electron chi connectivity index (χ1n) is 3.95. The van der Waals surface area contributed by atoms with Gasteiger partial charge in [-0.25, -0.2) is 0 Å². The van der Waals surface area contributed by atoms with Crippen molar-refractivity contribution in [3.8, 4) is 0 Å². The zero-order valence-electron chi connectivity index (χ0n) is 7.37. The van der Waals surface area contributed by atoms with Crippen LogP contribution in [-0.4, -0.2) is 22.1 Å². The van der Waals surface area contributed by atoms with Gasteiger partial charge in [0.2, 0.25) is 0 Å². The van der Waals surface area contributed by atoms with E-state index in [0.29, 0.717) is 5.69 Å². The number of hydrogen-bond acceptors (Lipinski definition) is 3. The molecule has 0 fully saturated rings. The highest BCUT2D eigenvalue weighted by atomic mass is 16.1. The van der Waals surface area contributed by atoms with E-state index in [1.165, 1.54) is 0 Å². The van der Waals surface area contributed by atoms with Crippen LogP contribution in [-0.2, 0) is 13.5 Å². The maximum Gasteiger partial charge on any atom is 0.194 e. The maximum absolute atomic E-state index is 11.2. The van der Waals surface area contributed by atoms with E-state index in [-0.39, 0.29) is 12.3 Å². The first-order valence-corrected chi connectivity index (χ1v) is 3.95. The van der Waals surface area contributed by atoms with Gasteiger partial charge in [0.1, 0.15) is 5.69 Å². The Balaban J connectivity index is 2.99. The first kappa shape index (κ1) is 8.93. The topological polar surface area (TPSA) is 60.9 Å². The molecular formula is C8H13N3O. The summed E-state index contributed by atoms with van der Waals surface area (Å²) >= 11 is 0.